The summed E-state index contributed by atoms with van der Waals surface area (Å²) >= 11 is 0. The second-order valence-electron chi connectivity index (χ2n) is 5.53. The number of carbonyl (C=O) groups is 1. The quantitative estimate of drug-likeness (QED) is 0.562. The number of H-pyrrole nitrogens is 1. The zero-order valence-electron chi connectivity index (χ0n) is 12.8. The number of nitrogens with zero attached hydrogens (tertiary/aromatic N) is 2. The van der Waals surface area contributed by atoms with E-state index in [1.807, 2.05) is 24.3 Å². The fraction of sp³-hybridized carbons (Fsp3) is 0. The van der Waals surface area contributed by atoms with Crippen LogP contribution in [0.5, 0.6) is 0 Å². The van der Waals surface area contributed by atoms with Gasteiger partial charge in [-0.25, -0.2) is 13.5 Å². The Morgan fingerprint density at radius 2 is 1.92 bits per heavy atom. The Kier molecular flexibility index (Phi) is 3.35. The SMILES string of the molecule is Nc1c(C(=O)c2c[nH]c3ccccc23)cnn1-c1ccc(F)cc1F. The highest BCUT2D eigenvalue weighted by Gasteiger charge is 2.21. The maximum Gasteiger partial charge on any atom is 0.200 e. The molecule has 0 atom stereocenters. The molecule has 0 aliphatic heterocycles. The second kappa shape index (κ2) is 5.55. The molecular weight excluding hydrogens is 326 g/mol. The Morgan fingerprint density at radius 3 is 2.72 bits per heavy atom. The van der Waals surface area contributed by atoms with E-state index < -0.39 is 11.6 Å². The normalized spacial score (nSPS) is 11.1. The first-order valence-electron chi connectivity index (χ1n) is 7.46. The highest BCUT2D eigenvalue weighted by atomic mass is 19.1. The Morgan fingerprint density at radius 1 is 1.12 bits per heavy atom. The number of nitrogens with two attached hydrogens (primary N) is 1. The summed E-state index contributed by atoms with van der Waals surface area (Å²) in [4.78, 5) is 15.8. The predicted molar refractivity (Wildman–Crippen MR) is 89.6 cm³/mol. The van der Waals surface area contributed by atoms with Crippen molar-refractivity contribution in [3.63, 3.8) is 0 Å². The number of para-hydroxylation sites is 1. The van der Waals surface area contributed by atoms with Gasteiger partial charge in [0, 0.05) is 28.7 Å². The maximum atomic E-state index is 14.0. The molecule has 124 valence electrons. The van der Waals surface area contributed by atoms with E-state index in [1.165, 1.54) is 12.3 Å². The summed E-state index contributed by atoms with van der Waals surface area (Å²) in [5.74, 6) is -1.87. The lowest BCUT2D eigenvalue weighted by atomic mass is 10.0. The molecule has 0 fully saturated rings. The minimum Gasteiger partial charge on any atom is -0.383 e. The molecule has 2 aromatic carbocycles. The number of nitrogens with one attached hydrogen (secondary N) is 1. The maximum absolute atomic E-state index is 14.0. The monoisotopic (exact) mass is 338 g/mol. The lowest BCUT2D eigenvalue weighted by Crippen LogP contribution is -2.08. The van der Waals surface area contributed by atoms with E-state index >= 15 is 0 Å². The van der Waals surface area contributed by atoms with Gasteiger partial charge in [0.1, 0.15) is 17.3 Å². The van der Waals surface area contributed by atoms with Crippen molar-refractivity contribution in [1.82, 2.24) is 14.8 Å². The third-order valence-corrected chi connectivity index (χ3v) is 4.02. The largest absolute Gasteiger partial charge is 0.383 e. The van der Waals surface area contributed by atoms with Crippen molar-refractivity contribution >= 4 is 22.5 Å². The Labute approximate surface area is 140 Å². The lowest BCUT2D eigenvalue weighted by Gasteiger charge is -2.06. The van der Waals surface area contributed by atoms with Gasteiger partial charge in [-0.2, -0.15) is 5.10 Å². The van der Waals surface area contributed by atoms with Crippen LogP contribution in [0.4, 0.5) is 14.6 Å². The standard InChI is InChI=1S/C18H12F2N4O/c19-10-5-6-16(14(20)7-10)24-18(21)13(9-23-24)17(25)12-8-22-15-4-2-1-3-11(12)15/h1-9,22H,21H2. The third kappa shape index (κ3) is 2.37. The van der Waals surface area contributed by atoms with E-state index in [0.717, 1.165) is 27.7 Å². The molecule has 0 amide bonds. The van der Waals surface area contributed by atoms with Gasteiger partial charge in [0.2, 0.25) is 5.78 Å². The highest BCUT2D eigenvalue weighted by molar-refractivity contribution is 6.18. The van der Waals surface area contributed by atoms with E-state index in [0.29, 0.717) is 5.56 Å². The van der Waals surface area contributed by atoms with Crippen molar-refractivity contribution in [1.29, 1.82) is 0 Å². The summed E-state index contributed by atoms with van der Waals surface area (Å²) in [6.07, 6.45) is 2.88. The zero-order valence-corrected chi connectivity index (χ0v) is 12.8. The Bertz CT molecular complexity index is 1110. The fourth-order valence-corrected chi connectivity index (χ4v) is 2.78. The van der Waals surface area contributed by atoms with Gasteiger partial charge in [0.15, 0.2) is 5.82 Å². The number of hydrogen-bond donors (Lipinski definition) is 2. The molecule has 0 aliphatic carbocycles. The van der Waals surface area contributed by atoms with Gasteiger partial charge in [-0.15, -0.1) is 0 Å². The molecule has 4 aromatic rings. The van der Waals surface area contributed by atoms with Gasteiger partial charge >= 0.3 is 0 Å². The summed E-state index contributed by atoms with van der Waals surface area (Å²) < 4.78 is 28.1. The molecule has 0 saturated heterocycles. The molecule has 5 nitrogen and oxygen atoms in total. The molecule has 0 spiro atoms. The minimum atomic E-state index is -0.819. The first-order chi connectivity index (χ1) is 12.1. The van der Waals surface area contributed by atoms with E-state index in [-0.39, 0.29) is 22.9 Å². The number of fused-ring (bicyclic) bond motifs is 1. The van der Waals surface area contributed by atoms with Crippen LogP contribution >= 0.6 is 0 Å². The van der Waals surface area contributed by atoms with E-state index in [4.69, 9.17) is 5.73 Å². The van der Waals surface area contributed by atoms with Crippen molar-refractivity contribution in [3.05, 3.63) is 77.6 Å². The molecule has 0 unspecified atom stereocenters. The van der Waals surface area contributed by atoms with Crippen molar-refractivity contribution in [2.24, 2.45) is 0 Å². The van der Waals surface area contributed by atoms with Crippen molar-refractivity contribution in [2.75, 3.05) is 5.73 Å². The molecule has 7 heteroatoms. The molecule has 0 radical (unpaired) electrons. The van der Waals surface area contributed by atoms with Crippen molar-refractivity contribution < 1.29 is 13.6 Å². The molecule has 3 N–H and O–H groups in total. The molecule has 25 heavy (non-hydrogen) atoms. The highest BCUT2D eigenvalue weighted by Crippen LogP contribution is 2.25. The van der Waals surface area contributed by atoms with Gasteiger partial charge in [0.25, 0.3) is 0 Å². The fourth-order valence-electron chi connectivity index (χ4n) is 2.78. The summed E-state index contributed by atoms with van der Waals surface area (Å²) in [7, 11) is 0. The number of ketones is 1. The van der Waals surface area contributed by atoms with Crippen LogP contribution in [-0.2, 0) is 0 Å². The van der Waals surface area contributed by atoms with Crippen LogP contribution in [-0.4, -0.2) is 20.5 Å². The average Bonchev–Trinajstić information content (AvgIpc) is 3.18. The minimum absolute atomic E-state index is 0.0132. The van der Waals surface area contributed by atoms with E-state index in [9.17, 15) is 13.6 Å². The van der Waals surface area contributed by atoms with Gasteiger partial charge in [-0.1, -0.05) is 18.2 Å². The van der Waals surface area contributed by atoms with Crippen LogP contribution in [0.2, 0.25) is 0 Å². The first-order valence-corrected chi connectivity index (χ1v) is 7.46. The molecule has 0 saturated carbocycles. The van der Waals surface area contributed by atoms with Gasteiger partial charge in [0.05, 0.1) is 11.8 Å². The number of benzene rings is 2. The molecular formula is C18H12F2N4O. The van der Waals surface area contributed by atoms with Crippen LogP contribution in [0.25, 0.3) is 16.6 Å². The van der Waals surface area contributed by atoms with Crippen LogP contribution in [0, 0.1) is 11.6 Å². The summed E-state index contributed by atoms with van der Waals surface area (Å²) in [6, 6.07) is 10.4. The Balaban J connectivity index is 1.80. The smallest absolute Gasteiger partial charge is 0.200 e. The van der Waals surface area contributed by atoms with Gasteiger partial charge in [-0.3, -0.25) is 4.79 Å². The zero-order chi connectivity index (χ0) is 17.6. The molecule has 0 bridgehead atoms. The van der Waals surface area contributed by atoms with Gasteiger partial charge in [-0.05, 0) is 18.2 Å². The van der Waals surface area contributed by atoms with Gasteiger partial charge < -0.3 is 10.7 Å². The number of hydrogen-bond acceptors (Lipinski definition) is 3. The van der Waals surface area contributed by atoms with E-state index in [1.54, 1.807) is 6.20 Å². The average molecular weight is 338 g/mol. The molecule has 2 aromatic heterocycles. The summed E-state index contributed by atoms with van der Waals surface area (Å²) in [5.41, 5.74) is 7.38. The number of halogens is 2. The molecule has 2 heterocycles. The molecule has 0 aliphatic rings. The van der Waals surface area contributed by atoms with Crippen LogP contribution < -0.4 is 5.73 Å². The van der Waals surface area contributed by atoms with E-state index in [2.05, 4.69) is 10.1 Å². The summed E-state index contributed by atoms with van der Waals surface area (Å²) in [5, 5.41) is 4.74. The predicted octanol–water partition coefficient (Wildman–Crippen LogP) is 3.45. The third-order valence-electron chi connectivity index (χ3n) is 4.02. The van der Waals surface area contributed by atoms with Crippen molar-refractivity contribution in [3.8, 4) is 5.69 Å². The topological polar surface area (TPSA) is 76.7 Å². The number of aromatic amines is 1. The number of carbonyl (C=O) groups excluding carboxylic acids is 1. The Hall–Kier alpha value is -3.48. The molecule has 4 rings (SSSR count). The van der Waals surface area contributed by atoms with Crippen molar-refractivity contribution in [2.45, 2.75) is 0 Å². The van der Waals surface area contributed by atoms with Crippen LogP contribution in [0.15, 0.2) is 54.9 Å². The first kappa shape index (κ1) is 15.1. The number of rotatable bonds is 3. The number of nitrogen functional groups attached to an aromatic ring is 1. The second-order valence-corrected chi connectivity index (χ2v) is 5.53. The van der Waals surface area contributed by atoms with Crippen LogP contribution in [0.1, 0.15) is 15.9 Å². The van der Waals surface area contributed by atoms with Crippen LogP contribution in [0.3, 0.4) is 0 Å². The summed E-state index contributed by atoms with van der Waals surface area (Å²) in [6.45, 7) is 0. The number of anilines is 1. The number of aromatic nitrogens is 3. The lowest BCUT2D eigenvalue weighted by molar-refractivity contribution is 0.104.